The van der Waals surface area contributed by atoms with Crippen LogP contribution >= 0.6 is 11.8 Å². The van der Waals surface area contributed by atoms with E-state index in [1.165, 1.54) is 0 Å². The van der Waals surface area contributed by atoms with Crippen molar-refractivity contribution < 1.29 is 4.42 Å². The fourth-order valence-corrected chi connectivity index (χ4v) is 1.84. The van der Waals surface area contributed by atoms with E-state index in [1.54, 1.807) is 11.8 Å². The van der Waals surface area contributed by atoms with Crippen LogP contribution in [0.1, 0.15) is 32.3 Å². The summed E-state index contributed by atoms with van der Waals surface area (Å²) in [5, 5.41) is 3.44. The molecule has 0 saturated carbocycles. The van der Waals surface area contributed by atoms with E-state index in [4.69, 9.17) is 4.42 Å². The Labute approximate surface area is 103 Å². The number of furan rings is 1. The predicted molar refractivity (Wildman–Crippen MR) is 71.6 cm³/mol. The minimum absolute atomic E-state index is 0.709. The average molecular weight is 241 g/mol. The molecule has 1 rings (SSSR count). The molecule has 0 fully saturated rings. The summed E-state index contributed by atoms with van der Waals surface area (Å²) < 4.78 is 5.68. The van der Waals surface area contributed by atoms with Crippen molar-refractivity contribution in [2.24, 2.45) is 11.8 Å². The molecule has 0 saturated heterocycles. The molecule has 16 heavy (non-hydrogen) atoms. The number of hydrogen-bond donors (Lipinski definition) is 1. The Hall–Kier alpha value is -0.410. The van der Waals surface area contributed by atoms with Gasteiger partial charge in [-0.2, -0.15) is 11.8 Å². The molecule has 1 unspecified atom stereocenters. The molecule has 1 heterocycles. The van der Waals surface area contributed by atoms with Gasteiger partial charge in [0.15, 0.2) is 0 Å². The molecule has 0 aromatic carbocycles. The first kappa shape index (κ1) is 13.7. The highest BCUT2D eigenvalue weighted by atomic mass is 32.2. The molecule has 0 spiro atoms. The van der Waals surface area contributed by atoms with Crippen molar-refractivity contribution in [2.45, 2.75) is 33.1 Å². The van der Waals surface area contributed by atoms with Crippen molar-refractivity contribution in [3.63, 3.8) is 0 Å². The number of hydrogen-bond acceptors (Lipinski definition) is 3. The second-order valence-corrected chi connectivity index (χ2v) is 5.52. The average Bonchev–Trinajstić information content (AvgIpc) is 2.66. The molecular formula is C13H23NOS. The molecule has 0 amide bonds. The number of rotatable bonds is 7. The normalized spacial score (nSPS) is 13.3. The van der Waals surface area contributed by atoms with Gasteiger partial charge in [-0.1, -0.05) is 20.8 Å². The van der Waals surface area contributed by atoms with E-state index in [9.17, 15) is 0 Å². The summed E-state index contributed by atoms with van der Waals surface area (Å²) in [6, 6.07) is 4.14. The van der Waals surface area contributed by atoms with Crippen LogP contribution in [0.3, 0.4) is 0 Å². The maximum absolute atomic E-state index is 5.68. The Balaban J connectivity index is 2.26. The van der Waals surface area contributed by atoms with Crippen LogP contribution in [0.5, 0.6) is 0 Å². The monoisotopic (exact) mass is 241 g/mol. The summed E-state index contributed by atoms with van der Waals surface area (Å²) >= 11 is 1.79. The second kappa shape index (κ2) is 7.02. The molecule has 3 heteroatoms. The van der Waals surface area contributed by atoms with Crippen LogP contribution in [0.25, 0.3) is 0 Å². The Bertz CT molecular complexity index is 296. The van der Waals surface area contributed by atoms with Crippen LogP contribution in [0.2, 0.25) is 0 Å². The number of thioether (sulfide) groups is 1. The topological polar surface area (TPSA) is 25.2 Å². The van der Waals surface area contributed by atoms with Gasteiger partial charge in [0.05, 0.1) is 12.3 Å². The standard InChI is InChI=1S/C13H23NOS/c1-10(2)11(3)7-14-8-12-5-6-13(15-12)9-16-4/h5-6,10-11,14H,7-9H2,1-4H3. The fourth-order valence-electron chi connectivity index (χ4n) is 1.40. The van der Waals surface area contributed by atoms with E-state index in [1.807, 2.05) is 0 Å². The van der Waals surface area contributed by atoms with Gasteiger partial charge in [-0.3, -0.25) is 0 Å². The first-order valence-electron chi connectivity index (χ1n) is 5.90. The van der Waals surface area contributed by atoms with E-state index < -0.39 is 0 Å². The lowest BCUT2D eigenvalue weighted by Gasteiger charge is -2.15. The van der Waals surface area contributed by atoms with E-state index in [0.717, 1.165) is 36.3 Å². The van der Waals surface area contributed by atoms with Gasteiger partial charge in [0, 0.05) is 0 Å². The Kier molecular flexibility index (Phi) is 5.99. The summed E-state index contributed by atoms with van der Waals surface area (Å²) in [5.41, 5.74) is 0. The van der Waals surface area contributed by atoms with E-state index in [0.29, 0.717) is 5.92 Å². The van der Waals surface area contributed by atoms with Crippen molar-refractivity contribution in [1.29, 1.82) is 0 Å². The van der Waals surface area contributed by atoms with E-state index in [-0.39, 0.29) is 0 Å². The lowest BCUT2D eigenvalue weighted by molar-refractivity contribution is 0.378. The molecular weight excluding hydrogens is 218 g/mol. The summed E-state index contributed by atoms with van der Waals surface area (Å²) in [7, 11) is 0. The first-order chi connectivity index (χ1) is 7.63. The SMILES string of the molecule is CSCc1ccc(CNCC(C)C(C)C)o1. The van der Waals surface area contributed by atoms with Crippen molar-refractivity contribution in [3.8, 4) is 0 Å². The van der Waals surface area contributed by atoms with Crippen LogP contribution < -0.4 is 5.32 Å². The van der Waals surface area contributed by atoms with Gasteiger partial charge in [-0.25, -0.2) is 0 Å². The molecule has 1 N–H and O–H groups in total. The molecule has 92 valence electrons. The van der Waals surface area contributed by atoms with Crippen LogP contribution in [0.4, 0.5) is 0 Å². The second-order valence-electron chi connectivity index (χ2n) is 4.65. The smallest absolute Gasteiger partial charge is 0.117 e. The molecule has 2 nitrogen and oxygen atoms in total. The van der Waals surface area contributed by atoms with Crippen molar-refractivity contribution in [1.82, 2.24) is 5.32 Å². The minimum Gasteiger partial charge on any atom is -0.464 e. The van der Waals surface area contributed by atoms with Gasteiger partial charge in [0.2, 0.25) is 0 Å². The lowest BCUT2D eigenvalue weighted by atomic mass is 9.98. The maximum Gasteiger partial charge on any atom is 0.117 e. The van der Waals surface area contributed by atoms with Crippen molar-refractivity contribution in [2.75, 3.05) is 12.8 Å². The largest absolute Gasteiger partial charge is 0.464 e. The van der Waals surface area contributed by atoms with Crippen molar-refractivity contribution >= 4 is 11.8 Å². The molecule has 0 bridgehead atoms. The van der Waals surface area contributed by atoms with E-state index >= 15 is 0 Å². The zero-order valence-electron chi connectivity index (χ0n) is 10.7. The first-order valence-corrected chi connectivity index (χ1v) is 7.30. The third-order valence-corrected chi connectivity index (χ3v) is 3.48. The zero-order chi connectivity index (χ0) is 12.0. The molecule has 1 aromatic rings. The molecule has 0 aliphatic carbocycles. The van der Waals surface area contributed by atoms with Crippen LogP contribution in [-0.4, -0.2) is 12.8 Å². The molecule has 0 radical (unpaired) electrons. The summed E-state index contributed by atoms with van der Waals surface area (Å²) in [5.74, 6) is 4.51. The maximum atomic E-state index is 5.68. The van der Waals surface area contributed by atoms with Gasteiger partial charge in [0.1, 0.15) is 11.5 Å². The third-order valence-electron chi connectivity index (χ3n) is 2.91. The quantitative estimate of drug-likeness (QED) is 0.790. The van der Waals surface area contributed by atoms with Crippen LogP contribution in [0.15, 0.2) is 16.5 Å². The van der Waals surface area contributed by atoms with Crippen LogP contribution in [-0.2, 0) is 12.3 Å². The zero-order valence-corrected chi connectivity index (χ0v) is 11.6. The lowest BCUT2D eigenvalue weighted by Crippen LogP contribution is -2.23. The highest BCUT2D eigenvalue weighted by Gasteiger charge is 2.07. The molecule has 1 atom stereocenters. The van der Waals surface area contributed by atoms with Gasteiger partial charge < -0.3 is 9.73 Å². The van der Waals surface area contributed by atoms with Gasteiger partial charge >= 0.3 is 0 Å². The Morgan fingerprint density at radius 1 is 1.25 bits per heavy atom. The highest BCUT2D eigenvalue weighted by Crippen LogP contribution is 2.13. The summed E-state index contributed by atoms with van der Waals surface area (Å²) in [6.45, 7) is 8.69. The summed E-state index contributed by atoms with van der Waals surface area (Å²) in [6.07, 6.45) is 2.09. The van der Waals surface area contributed by atoms with Gasteiger partial charge in [-0.15, -0.1) is 0 Å². The third kappa shape index (κ3) is 4.62. The van der Waals surface area contributed by atoms with Crippen molar-refractivity contribution in [3.05, 3.63) is 23.7 Å². The summed E-state index contributed by atoms with van der Waals surface area (Å²) in [4.78, 5) is 0. The van der Waals surface area contributed by atoms with E-state index in [2.05, 4.69) is 44.5 Å². The number of nitrogens with one attached hydrogen (secondary N) is 1. The fraction of sp³-hybridized carbons (Fsp3) is 0.692. The Morgan fingerprint density at radius 3 is 2.56 bits per heavy atom. The molecule has 1 aromatic heterocycles. The van der Waals surface area contributed by atoms with Gasteiger partial charge in [0.25, 0.3) is 0 Å². The predicted octanol–water partition coefficient (Wildman–Crippen LogP) is 3.52. The highest BCUT2D eigenvalue weighted by molar-refractivity contribution is 7.97. The molecule has 0 aliphatic rings. The van der Waals surface area contributed by atoms with Crippen LogP contribution in [0, 0.1) is 11.8 Å². The minimum atomic E-state index is 0.709. The van der Waals surface area contributed by atoms with Gasteiger partial charge in [-0.05, 0) is 36.8 Å². The Morgan fingerprint density at radius 2 is 1.94 bits per heavy atom. The molecule has 0 aliphatic heterocycles.